The van der Waals surface area contributed by atoms with E-state index in [1.54, 1.807) is 43.3 Å². The minimum Gasteiger partial charge on any atom is -0.461 e. The number of rotatable bonds is 5. The number of aryl methyl sites for hydroxylation is 1. The largest absolute Gasteiger partial charge is 0.461 e. The molecule has 2 amide bonds. The molecule has 0 unspecified atom stereocenters. The highest BCUT2D eigenvalue weighted by Crippen LogP contribution is 2.16. The zero-order valence-corrected chi connectivity index (χ0v) is 13.2. The van der Waals surface area contributed by atoms with Crippen LogP contribution in [0.1, 0.15) is 26.9 Å². The van der Waals surface area contributed by atoms with Gasteiger partial charge < -0.3 is 19.5 Å². The molecule has 0 saturated heterocycles. The van der Waals surface area contributed by atoms with E-state index in [9.17, 15) is 14.4 Å². The molecule has 2 aromatic heterocycles. The zero-order valence-electron chi connectivity index (χ0n) is 13.2. The predicted molar refractivity (Wildman–Crippen MR) is 89.5 cm³/mol. The van der Waals surface area contributed by atoms with Crippen LogP contribution in [0.4, 0.5) is 11.4 Å². The van der Waals surface area contributed by atoms with Gasteiger partial charge in [-0.25, -0.2) is 0 Å². The third kappa shape index (κ3) is 3.84. The van der Waals surface area contributed by atoms with E-state index in [1.807, 2.05) is 0 Å². The molecule has 7 heteroatoms. The fraction of sp³-hybridized carbons (Fsp3) is 0.0556. The van der Waals surface area contributed by atoms with Gasteiger partial charge in [-0.05, 0) is 55.5 Å². The van der Waals surface area contributed by atoms with Crippen LogP contribution in [-0.2, 0) is 4.79 Å². The SMILES string of the molecule is Cc1ccc(C(=O)Nc2ccc(NC(=O)C(=O)c3ccco3)cc2)o1. The van der Waals surface area contributed by atoms with E-state index in [2.05, 4.69) is 10.6 Å². The molecule has 0 saturated carbocycles. The Labute approximate surface area is 142 Å². The third-order valence-electron chi connectivity index (χ3n) is 3.32. The lowest BCUT2D eigenvalue weighted by Crippen LogP contribution is -2.22. The summed E-state index contributed by atoms with van der Waals surface area (Å²) < 4.78 is 10.1. The van der Waals surface area contributed by atoms with Gasteiger partial charge in [-0.3, -0.25) is 14.4 Å². The number of amides is 2. The number of anilines is 2. The Hall–Kier alpha value is -3.61. The van der Waals surface area contributed by atoms with Gasteiger partial charge in [-0.15, -0.1) is 0 Å². The average Bonchev–Trinajstić information content (AvgIpc) is 3.27. The van der Waals surface area contributed by atoms with E-state index >= 15 is 0 Å². The molecule has 0 radical (unpaired) electrons. The summed E-state index contributed by atoms with van der Waals surface area (Å²) >= 11 is 0. The number of hydrogen-bond acceptors (Lipinski definition) is 5. The normalized spacial score (nSPS) is 10.3. The second kappa shape index (κ2) is 6.88. The zero-order chi connectivity index (χ0) is 17.8. The second-order valence-electron chi connectivity index (χ2n) is 5.20. The summed E-state index contributed by atoms with van der Waals surface area (Å²) in [7, 11) is 0. The van der Waals surface area contributed by atoms with Crippen LogP contribution in [0, 0.1) is 6.92 Å². The summed E-state index contributed by atoms with van der Waals surface area (Å²) in [6, 6.07) is 12.5. The minimum atomic E-state index is -0.808. The second-order valence-corrected chi connectivity index (χ2v) is 5.20. The highest BCUT2D eigenvalue weighted by atomic mass is 16.4. The van der Waals surface area contributed by atoms with Crippen LogP contribution in [0.2, 0.25) is 0 Å². The van der Waals surface area contributed by atoms with Crippen LogP contribution in [0.25, 0.3) is 0 Å². The maximum Gasteiger partial charge on any atom is 0.300 e. The number of nitrogens with one attached hydrogen (secondary N) is 2. The van der Waals surface area contributed by atoms with Crippen molar-refractivity contribution in [1.82, 2.24) is 0 Å². The Morgan fingerprint density at radius 1 is 0.840 bits per heavy atom. The van der Waals surface area contributed by atoms with Gasteiger partial charge in [0, 0.05) is 11.4 Å². The molecule has 3 aromatic rings. The lowest BCUT2D eigenvalue weighted by atomic mass is 10.2. The summed E-state index contributed by atoms with van der Waals surface area (Å²) in [6.07, 6.45) is 1.32. The van der Waals surface area contributed by atoms with Gasteiger partial charge in [0.05, 0.1) is 6.26 Å². The molecule has 25 heavy (non-hydrogen) atoms. The number of Topliss-reactive ketones (excluding diaryl/α,β-unsaturated/α-hetero) is 1. The molecule has 2 heterocycles. The molecule has 126 valence electrons. The summed E-state index contributed by atoms with van der Waals surface area (Å²) in [5.74, 6) is -1.13. The van der Waals surface area contributed by atoms with Crippen molar-refractivity contribution in [2.75, 3.05) is 10.6 Å². The van der Waals surface area contributed by atoms with Gasteiger partial charge in [-0.2, -0.15) is 0 Å². The first kappa shape index (κ1) is 16.3. The molecule has 7 nitrogen and oxygen atoms in total. The fourth-order valence-electron chi connectivity index (χ4n) is 2.09. The first-order valence-corrected chi connectivity index (χ1v) is 7.40. The molecule has 0 aliphatic heterocycles. The minimum absolute atomic E-state index is 0.0323. The highest BCUT2D eigenvalue weighted by molar-refractivity contribution is 6.45. The van der Waals surface area contributed by atoms with Crippen molar-refractivity contribution >= 4 is 29.0 Å². The van der Waals surface area contributed by atoms with Gasteiger partial charge in [0.15, 0.2) is 11.5 Å². The average molecular weight is 338 g/mol. The van der Waals surface area contributed by atoms with Crippen molar-refractivity contribution in [2.45, 2.75) is 6.92 Å². The molecule has 0 spiro atoms. The number of carbonyl (C=O) groups is 3. The van der Waals surface area contributed by atoms with E-state index < -0.39 is 11.7 Å². The highest BCUT2D eigenvalue weighted by Gasteiger charge is 2.19. The van der Waals surface area contributed by atoms with Gasteiger partial charge in [-0.1, -0.05) is 0 Å². The smallest absolute Gasteiger partial charge is 0.300 e. The lowest BCUT2D eigenvalue weighted by Gasteiger charge is -2.06. The Kier molecular flexibility index (Phi) is 4.47. The standard InChI is InChI=1S/C18H14N2O5/c1-11-4-9-15(25-11)17(22)19-12-5-7-13(8-6-12)20-18(23)16(21)14-3-2-10-24-14/h2-10H,1H3,(H,19,22)(H,20,23). The molecule has 0 aliphatic carbocycles. The van der Waals surface area contributed by atoms with E-state index in [4.69, 9.17) is 8.83 Å². The summed E-state index contributed by atoms with van der Waals surface area (Å²) in [5, 5.41) is 5.14. The molecule has 2 N–H and O–H groups in total. The molecule has 0 atom stereocenters. The fourth-order valence-corrected chi connectivity index (χ4v) is 2.09. The molecule has 1 aromatic carbocycles. The van der Waals surface area contributed by atoms with Crippen molar-refractivity contribution in [3.63, 3.8) is 0 Å². The van der Waals surface area contributed by atoms with Gasteiger partial charge in [0.2, 0.25) is 0 Å². The number of carbonyl (C=O) groups excluding carboxylic acids is 3. The number of hydrogen-bond donors (Lipinski definition) is 2. The van der Waals surface area contributed by atoms with Crippen molar-refractivity contribution in [3.05, 3.63) is 72.1 Å². The Bertz CT molecular complexity index is 907. The molecule has 0 aliphatic rings. The monoisotopic (exact) mass is 338 g/mol. The Balaban J connectivity index is 1.61. The van der Waals surface area contributed by atoms with Crippen LogP contribution < -0.4 is 10.6 Å². The molecule has 0 fully saturated rings. The van der Waals surface area contributed by atoms with Crippen molar-refractivity contribution < 1.29 is 23.2 Å². The van der Waals surface area contributed by atoms with Crippen LogP contribution in [-0.4, -0.2) is 17.6 Å². The molecular weight excluding hydrogens is 324 g/mol. The number of ketones is 1. The lowest BCUT2D eigenvalue weighted by molar-refractivity contribution is -0.112. The topological polar surface area (TPSA) is 102 Å². The number of benzene rings is 1. The van der Waals surface area contributed by atoms with Crippen LogP contribution in [0.5, 0.6) is 0 Å². The van der Waals surface area contributed by atoms with Gasteiger partial charge in [0.25, 0.3) is 17.6 Å². The Morgan fingerprint density at radius 2 is 1.52 bits per heavy atom. The van der Waals surface area contributed by atoms with Crippen LogP contribution in [0.15, 0.2) is 63.6 Å². The summed E-state index contributed by atoms with van der Waals surface area (Å²) in [5.41, 5.74) is 0.936. The summed E-state index contributed by atoms with van der Waals surface area (Å²) in [6.45, 7) is 1.75. The third-order valence-corrected chi connectivity index (χ3v) is 3.32. The summed E-state index contributed by atoms with van der Waals surface area (Å²) in [4.78, 5) is 35.6. The van der Waals surface area contributed by atoms with Crippen LogP contribution in [0.3, 0.4) is 0 Å². The quantitative estimate of drug-likeness (QED) is 0.549. The first-order valence-electron chi connectivity index (χ1n) is 7.40. The molecule has 3 rings (SSSR count). The Morgan fingerprint density at radius 3 is 2.08 bits per heavy atom. The van der Waals surface area contributed by atoms with Gasteiger partial charge in [0.1, 0.15) is 5.76 Å². The van der Waals surface area contributed by atoms with E-state index in [0.29, 0.717) is 17.1 Å². The van der Waals surface area contributed by atoms with E-state index in [0.717, 1.165) is 0 Å². The maximum absolute atomic E-state index is 12.0. The van der Waals surface area contributed by atoms with Gasteiger partial charge >= 0.3 is 0 Å². The number of furan rings is 2. The van der Waals surface area contributed by atoms with Crippen molar-refractivity contribution in [2.24, 2.45) is 0 Å². The van der Waals surface area contributed by atoms with Crippen molar-refractivity contribution in [1.29, 1.82) is 0 Å². The predicted octanol–water partition coefficient (Wildman–Crippen LogP) is 3.25. The van der Waals surface area contributed by atoms with E-state index in [1.165, 1.54) is 18.4 Å². The molecule has 0 bridgehead atoms. The molecular formula is C18H14N2O5. The van der Waals surface area contributed by atoms with Crippen LogP contribution >= 0.6 is 0 Å². The van der Waals surface area contributed by atoms with E-state index in [-0.39, 0.29) is 17.4 Å². The first-order chi connectivity index (χ1) is 12.0. The maximum atomic E-state index is 12.0. The van der Waals surface area contributed by atoms with Crippen molar-refractivity contribution in [3.8, 4) is 0 Å².